The van der Waals surface area contributed by atoms with Gasteiger partial charge in [-0.15, -0.1) is 0 Å². The molecule has 1 amide bonds. The SMILES string of the molecule is CN1CCN(c2cc(-c3ccc4c(c3)CN(C(=O)CC3CCC3)CC4)nc(N)n2)CC1. The lowest BCUT2D eigenvalue weighted by Gasteiger charge is -2.33. The topological polar surface area (TPSA) is 78.6 Å². The third kappa shape index (κ3) is 4.37. The van der Waals surface area contributed by atoms with Crippen molar-refractivity contribution in [1.82, 2.24) is 19.8 Å². The minimum absolute atomic E-state index is 0.307. The average Bonchev–Trinajstić information content (AvgIpc) is 2.75. The Bertz CT molecular complexity index is 965. The smallest absolute Gasteiger partial charge is 0.223 e. The fraction of sp³-hybridized carbons (Fsp3) is 0.542. The maximum Gasteiger partial charge on any atom is 0.223 e. The molecule has 5 rings (SSSR count). The molecule has 1 aromatic heterocycles. The third-order valence-electron chi connectivity index (χ3n) is 7.11. The molecule has 1 saturated carbocycles. The van der Waals surface area contributed by atoms with Crippen molar-refractivity contribution in [2.75, 3.05) is 50.4 Å². The zero-order chi connectivity index (χ0) is 21.4. The van der Waals surface area contributed by atoms with Crippen LogP contribution in [0.15, 0.2) is 24.3 Å². The van der Waals surface area contributed by atoms with Crippen LogP contribution in [-0.2, 0) is 17.8 Å². The van der Waals surface area contributed by atoms with Crippen LogP contribution in [0, 0.1) is 5.92 Å². The molecule has 0 bridgehead atoms. The van der Waals surface area contributed by atoms with Gasteiger partial charge >= 0.3 is 0 Å². The molecule has 2 N–H and O–H groups in total. The summed E-state index contributed by atoms with van der Waals surface area (Å²) in [5, 5.41) is 0. The fourth-order valence-electron chi connectivity index (χ4n) is 4.80. The van der Waals surface area contributed by atoms with Gasteiger partial charge in [0.05, 0.1) is 5.69 Å². The number of likely N-dealkylation sites (N-methyl/N-ethyl adjacent to an activating group) is 1. The number of benzene rings is 1. The first-order valence-corrected chi connectivity index (χ1v) is 11.5. The summed E-state index contributed by atoms with van der Waals surface area (Å²) < 4.78 is 0. The Morgan fingerprint density at radius 2 is 1.87 bits per heavy atom. The van der Waals surface area contributed by atoms with Gasteiger partial charge in [-0.25, -0.2) is 4.98 Å². The average molecular weight is 421 g/mol. The summed E-state index contributed by atoms with van der Waals surface area (Å²) in [7, 11) is 2.14. The minimum atomic E-state index is 0.307. The van der Waals surface area contributed by atoms with Crippen molar-refractivity contribution >= 4 is 17.7 Å². The number of carbonyl (C=O) groups excluding carboxylic acids is 1. The van der Waals surface area contributed by atoms with Crippen molar-refractivity contribution < 1.29 is 4.79 Å². The molecule has 3 heterocycles. The predicted molar refractivity (Wildman–Crippen MR) is 123 cm³/mol. The van der Waals surface area contributed by atoms with Crippen LogP contribution in [0.5, 0.6) is 0 Å². The highest BCUT2D eigenvalue weighted by Crippen LogP contribution is 2.32. The van der Waals surface area contributed by atoms with Crippen LogP contribution in [0.1, 0.15) is 36.8 Å². The van der Waals surface area contributed by atoms with Crippen LogP contribution in [0.4, 0.5) is 11.8 Å². The second-order valence-electron chi connectivity index (χ2n) is 9.31. The van der Waals surface area contributed by atoms with Crippen LogP contribution < -0.4 is 10.6 Å². The summed E-state index contributed by atoms with van der Waals surface area (Å²) in [6.07, 6.45) is 5.34. The highest BCUT2D eigenvalue weighted by atomic mass is 16.2. The van der Waals surface area contributed by atoms with Crippen LogP contribution in [0.3, 0.4) is 0 Å². The molecule has 31 heavy (non-hydrogen) atoms. The molecule has 2 aliphatic heterocycles. The van der Waals surface area contributed by atoms with Gasteiger partial charge < -0.3 is 20.4 Å². The van der Waals surface area contributed by atoms with Gasteiger partial charge in [0.25, 0.3) is 0 Å². The molecule has 2 aromatic rings. The summed E-state index contributed by atoms with van der Waals surface area (Å²) in [6.45, 7) is 5.43. The highest BCUT2D eigenvalue weighted by molar-refractivity contribution is 5.77. The third-order valence-corrected chi connectivity index (χ3v) is 7.11. The quantitative estimate of drug-likeness (QED) is 0.819. The molecule has 0 radical (unpaired) electrons. The lowest BCUT2D eigenvalue weighted by Crippen LogP contribution is -2.44. The predicted octanol–water partition coefficient (Wildman–Crippen LogP) is 2.55. The van der Waals surface area contributed by atoms with E-state index in [0.29, 0.717) is 30.7 Å². The lowest BCUT2D eigenvalue weighted by molar-refractivity contribution is -0.133. The van der Waals surface area contributed by atoms with Gasteiger partial charge in [-0.05, 0) is 49.4 Å². The maximum absolute atomic E-state index is 12.7. The number of nitrogen functional groups attached to an aromatic ring is 1. The number of anilines is 2. The van der Waals surface area contributed by atoms with Gasteiger partial charge in [-0.3, -0.25) is 4.79 Å². The number of hydrogen-bond acceptors (Lipinski definition) is 6. The monoisotopic (exact) mass is 420 g/mol. The van der Waals surface area contributed by atoms with Gasteiger partial charge in [0.2, 0.25) is 11.9 Å². The van der Waals surface area contributed by atoms with Gasteiger partial charge in [-0.1, -0.05) is 18.6 Å². The first-order chi connectivity index (χ1) is 15.0. The Labute approximate surface area is 184 Å². The molecule has 1 aromatic carbocycles. The molecular formula is C24H32N6O. The number of nitrogens with two attached hydrogens (primary N) is 1. The van der Waals surface area contributed by atoms with Crippen molar-refractivity contribution in [3.8, 4) is 11.3 Å². The zero-order valence-electron chi connectivity index (χ0n) is 18.4. The molecule has 7 heteroatoms. The number of carbonyl (C=O) groups is 1. The summed E-state index contributed by atoms with van der Waals surface area (Å²) in [6, 6.07) is 8.55. The summed E-state index contributed by atoms with van der Waals surface area (Å²) in [5.74, 6) is 2.12. The largest absolute Gasteiger partial charge is 0.368 e. The van der Waals surface area contributed by atoms with E-state index in [9.17, 15) is 4.79 Å². The number of nitrogens with zero attached hydrogens (tertiary/aromatic N) is 5. The van der Waals surface area contributed by atoms with Crippen molar-refractivity contribution in [2.45, 2.75) is 38.6 Å². The van der Waals surface area contributed by atoms with E-state index in [1.165, 1.54) is 30.4 Å². The number of aromatic nitrogens is 2. The Kier molecular flexibility index (Phi) is 5.52. The van der Waals surface area contributed by atoms with E-state index in [0.717, 1.165) is 56.2 Å². The van der Waals surface area contributed by atoms with E-state index in [1.807, 2.05) is 11.0 Å². The number of fused-ring (bicyclic) bond motifs is 1. The number of rotatable bonds is 4. The van der Waals surface area contributed by atoms with E-state index in [2.05, 4.69) is 45.0 Å². The number of piperazine rings is 1. The van der Waals surface area contributed by atoms with E-state index in [1.54, 1.807) is 0 Å². The standard InChI is InChI=1S/C24H32N6O/c1-28-9-11-29(12-10-28)22-15-21(26-24(25)27-22)19-6-5-18-7-8-30(16-20(18)14-19)23(31)13-17-3-2-4-17/h5-6,14-15,17H,2-4,7-13,16H2,1H3,(H2,25,26,27). The van der Waals surface area contributed by atoms with E-state index in [-0.39, 0.29) is 0 Å². The summed E-state index contributed by atoms with van der Waals surface area (Å²) in [5.41, 5.74) is 10.5. The molecule has 164 valence electrons. The van der Waals surface area contributed by atoms with Gasteiger partial charge in [0.1, 0.15) is 5.82 Å². The van der Waals surface area contributed by atoms with Crippen LogP contribution in [-0.4, -0.2) is 65.4 Å². The number of hydrogen-bond donors (Lipinski definition) is 1. The normalized spacial score (nSPS) is 19.8. The Balaban J connectivity index is 1.36. The first kappa shape index (κ1) is 20.2. The van der Waals surface area contributed by atoms with Crippen molar-refractivity contribution in [3.63, 3.8) is 0 Å². The summed E-state index contributed by atoms with van der Waals surface area (Å²) >= 11 is 0. The van der Waals surface area contributed by atoms with Crippen LogP contribution in [0.25, 0.3) is 11.3 Å². The van der Waals surface area contributed by atoms with Gasteiger partial charge in [0, 0.05) is 57.3 Å². The van der Waals surface area contributed by atoms with E-state index in [4.69, 9.17) is 5.73 Å². The van der Waals surface area contributed by atoms with Crippen molar-refractivity contribution in [2.24, 2.45) is 5.92 Å². The van der Waals surface area contributed by atoms with E-state index < -0.39 is 0 Å². The second-order valence-corrected chi connectivity index (χ2v) is 9.31. The highest BCUT2D eigenvalue weighted by Gasteiger charge is 2.26. The molecule has 0 atom stereocenters. The fourth-order valence-corrected chi connectivity index (χ4v) is 4.80. The lowest BCUT2D eigenvalue weighted by atomic mass is 9.82. The molecule has 3 aliphatic rings. The molecule has 0 unspecified atom stereocenters. The molecule has 0 spiro atoms. The molecular weight excluding hydrogens is 388 g/mol. The molecule has 1 saturated heterocycles. The molecule has 2 fully saturated rings. The summed E-state index contributed by atoms with van der Waals surface area (Å²) in [4.78, 5) is 28.4. The minimum Gasteiger partial charge on any atom is -0.368 e. The van der Waals surface area contributed by atoms with Gasteiger partial charge in [0.15, 0.2) is 0 Å². The van der Waals surface area contributed by atoms with Crippen molar-refractivity contribution in [1.29, 1.82) is 0 Å². The Morgan fingerprint density at radius 3 is 2.61 bits per heavy atom. The van der Waals surface area contributed by atoms with Crippen LogP contribution in [0.2, 0.25) is 0 Å². The van der Waals surface area contributed by atoms with Gasteiger partial charge in [-0.2, -0.15) is 4.98 Å². The molecule has 7 nitrogen and oxygen atoms in total. The van der Waals surface area contributed by atoms with E-state index >= 15 is 0 Å². The first-order valence-electron chi connectivity index (χ1n) is 11.5. The molecule has 1 aliphatic carbocycles. The maximum atomic E-state index is 12.7. The Hall–Kier alpha value is -2.67. The second kappa shape index (κ2) is 8.46. The number of amides is 1. The zero-order valence-corrected chi connectivity index (χ0v) is 18.4. The Morgan fingerprint density at radius 1 is 1.06 bits per heavy atom. The van der Waals surface area contributed by atoms with Crippen molar-refractivity contribution in [3.05, 3.63) is 35.4 Å². The van der Waals surface area contributed by atoms with Crippen LogP contribution >= 0.6 is 0 Å².